The number of urea groups is 1. The van der Waals surface area contributed by atoms with Gasteiger partial charge >= 0.3 is 12.4 Å². The van der Waals surface area contributed by atoms with Crippen molar-refractivity contribution in [3.05, 3.63) is 58.7 Å². The molecule has 2 N–H and O–H groups in total. The van der Waals surface area contributed by atoms with Gasteiger partial charge in [0.25, 0.3) is 5.91 Å². The van der Waals surface area contributed by atoms with Crippen LogP contribution in [0.1, 0.15) is 28.7 Å². The number of alkyl halides is 3. The van der Waals surface area contributed by atoms with E-state index < -0.39 is 33.6 Å². The lowest BCUT2D eigenvalue weighted by Crippen LogP contribution is -2.43. The Labute approximate surface area is 230 Å². The first-order chi connectivity index (χ1) is 18.6. The van der Waals surface area contributed by atoms with Crippen molar-refractivity contribution in [1.29, 1.82) is 0 Å². The third-order valence-corrected chi connectivity index (χ3v) is 8.94. The third kappa shape index (κ3) is 6.07. The minimum absolute atomic E-state index is 0.0601. The SMILES string of the molecule is CNC(=O)N(C)c1cc(C)c(CCS(=O)(=O)N2CCC3(C2)N=C(c2cccc(OC(F)(F)F)c2)NC3=O)c(C)c1. The molecule has 2 heterocycles. The number of aryl methyl sites for hydroxylation is 2. The zero-order chi connectivity index (χ0) is 29.5. The molecule has 2 aromatic rings. The zero-order valence-corrected chi connectivity index (χ0v) is 23.2. The number of anilines is 1. The fourth-order valence-corrected chi connectivity index (χ4v) is 6.47. The second-order valence-electron chi connectivity index (χ2n) is 9.84. The lowest BCUT2D eigenvalue weighted by molar-refractivity contribution is -0.274. The number of hydrogen-bond donors (Lipinski definition) is 2. The molecule has 0 aliphatic carbocycles. The number of amides is 3. The number of hydrogen-bond acceptors (Lipinski definition) is 6. The van der Waals surface area contributed by atoms with Crippen molar-refractivity contribution in [2.75, 3.05) is 37.8 Å². The summed E-state index contributed by atoms with van der Waals surface area (Å²) in [4.78, 5) is 30.8. The lowest BCUT2D eigenvalue weighted by Gasteiger charge is -2.21. The minimum Gasteiger partial charge on any atom is -0.406 e. The predicted molar refractivity (Wildman–Crippen MR) is 143 cm³/mol. The van der Waals surface area contributed by atoms with Gasteiger partial charge in [-0.3, -0.25) is 9.69 Å². The topological polar surface area (TPSA) is 120 Å². The van der Waals surface area contributed by atoms with Crippen LogP contribution >= 0.6 is 0 Å². The molecular formula is C26H30F3N5O5S. The van der Waals surface area contributed by atoms with Crippen molar-refractivity contribution < 1.29 is 35.9 Å². The number of nitrogens with zero attached hydrogens (tertiary/aromatic N) is 3. The summed E-state index contributed by atoms with van der Waals surface area (Å²) in [5.41, 5.74) is 2.08. The normalized spacial score (nSPS) is 19.5. The molecule has 0 aromatic heterocycles. The smallest absolute Gasteiger partial charge is 0.406 e. The van der Waals surface area contributed by atoms with Gasteiger partial charge in [0.1, 0.15) is 11.6 Å². The van der Waals surface area contributed by atoms with Crippen LogP contribution in [0.25, 0.3) is 0 Å². The average molecular weight is 582 g/mol. The molecule has 14 heteroatoms. The highest BCUT2D eigenvalue weighted by molar-refractivity contribution is 7.89. The number of carbonyl (C=O) groups excluding carboxylic acids is 2. The van der Waals surface area contributed by atoms with Crippen LogP contribution in [0.15, 0.2) is 41.4 Å². The van der Waals surface area contributed by atoms with Crippen LogP contribution in [0.2, 0.25) is 0 Å². The fraction of sp³-hybridized carbons (Fsp3) is 0.423. The summed E-state index contributed by atoms with van der Waals surface area (Å²) >= 11 is 0. The molecule has 0 saturated carbocycles. The molecule has 10 nitrogen and oxygen atoms in total. The van der Waals surface area contributed by atoms with Crippen LogP contribution in [0.4, 0.5) is 23.7 Å². The number of nitrogens with one attached hydrogen (secondary N) is 2. The monoisotopic (exact) mass is 581 g/mol. The molecule has 1 unspecified atom stereocenters. The van der Waals surface area contributed by atoms with Crippen molar-refractivity contribution in [3.63, 3.8) is 0 Å². The number of benzene rings is 2. The number of halogens is 3. The Hall–Kier alpha value is -3.65. The molecule has 1 atom stereocenters. The van der Waals surface area contributed by atoms with Crippen molar-refractivity contribution in [3.8, 4) is 5.75 Å². The van der Waals surface area contributed by atoms with Crippen molar-refractivity contribution in [2.24, 2.45) is 4.99 Å². The molecule has 2 aliphatic rings. The van der Waals surface area contributed by atoms with Gasteiger partial charge in [0, 0.05) is 38.4 Å². The highest BCUT2D eigenvalue weighted by Crippen LogP contribution is 2.33. The van der Waals surface area contributed by atoms with Crippen LogP contribution in [-0.2, 0) is 21.2 Å². The van der Waals surface area contributed by atoms with Gasteiger partial charge in [0.05, 0.1) is 5.75 Å². The van der Waals surface area contributed by atoms with E-state index in [-0.39, 0.29) is 49.1 Å². The van der Waals surface area contributed by atoms with E-state index in [1.54, 1.807) is 7.05 Å². The Kier molecular flexibility index (Phi) is 7.87. The summed E-state index contributed by atoms with van der Waals surface area (Å²) in [5.74, 6) is -1.10. The molecule has 0 bridgehead atoms. The second-order valence-corrected chi connectivity index (χ2v) is 11.9. The van der Waals surface area contributed by atoms with E-state index in [9.17, 15) is 31.2 Å². The number of aliphatic imine (C=N–C) groups is 1. The van der Waals surface area contributed by atoms with E-state index in [1.807, 2.05) is 26.0 Å². The van der Waals surface area contributed by atoms with Crippen LogP contribution in [0.3, 0.4) is 0 Å². The molecule has 40 heavy (non-hydrogen) atoms. The van der Waals surface area contributed by atoms with Crippen molar-refractivity contribution in [1.82, 2.24) is 14.9 Å². The molecule has 1 fully saturated rings. The Morgan fingerprint density at radius 2 is 1.90 bits per heavy atom. The highest BCUT2D eigenvalue weighted by atomic mass is 32.2. The zero-order valence-electron chi connectivity index (χ0n) is 22.4. The van der Waals surface area contributed by atoms with Gasteiger partial charge in [0.2, 0.25) is 10.0 Å². The van der Waals surface area contributed by atoms with Gasteiger partial charge in [0.15, 0.2) is 5.54 Å². The quantitative estimate of drug-likeness (QED) is 0.521. The number of ether oxygens (including phenoxy) is 1. The van der Waals surface area contributed by atoms with E-state index in [1.165, 1.54) is 28.4 Å². The lowest BCUT2D eigenvalue weighted by atomic mass is 9.99. The van der Waals surface area contributed by atoms with Crippen LogP contribution in [0, 0.1) is 13.8 Å². The average Bonchev–Trinajstić information content (AvgIpc) is 3.45. The van der Waals surface area contributed by atoms with E-state index in [0.29, 0.717) is 5.69 Å². The molecule has 3 amide bonds. The second kappa shape index (κ2) is 10.7. The fourth-order valence-electron chi connectivity index (χ4n) is 4.97. The van der Waals surface area contributed by atoms with Crippen molar-refractivity contribution in [2.45, 2.75) is 38.6 Å². The van der Waals surface area contributed by atoms with Crippen LogP contribution in [-0.4, -0.2) is 75.3 Å². The van der Waals surface area contributed by atoms with E-state index in [4.69, 9.17) is 0 Å². The largest absolute Gasteiger partial charge is 0.573 e. The summed E-state index contributed by atoms with van der Waals surface area (Å²) in [7, 11) is -0.593. The standard InChI is InChI=1S/C26H30F3N5O5S/c1-16-12-19(33(4)24(36)30-3)13-17(2)21(16)8-11-40(37,38)34-10-9-25(15-34)23(35)31-22(32-25)18-6-5-7-20(14-18)39-26(27,28)29/h5-7,12-14H,8-11,15H2,1-4H3,(H,30,36)(H,31,32,35). The van der Waals surface area contributed by atoms with Gasteiger partial charge in [-0.05, 0) is 67.6 Å². The van der Waals surface area contributed by atoms with Gasteiger partial charge in [-0.1, -0.05) is 12.1 Å². The summed E-state index contributed by atoms with van der Waals surface area (Å²) < 4.78 is 69.6. The third-order valence-electron chi connectivity index (χ3n) is 7.12. The van der Waals surface area contributed by atoms with Crippen molar-refractivity contribution >= 4 is 33.5 Å². The van der Waals surface area contributed by atoms with E-state index in [0.717, 1.165) is 28.8 Å². The molecule has 1 saturated heterocycles. The van der Waals surface area contributed by atoms with Crippen LogP contribution < -0.4 is 20.3 Å². The molecule has 0 radical (unpaired) electrons. The summed E-state index contributed by atoms with van der Waals surface area (Å²) in [6, 6.07) is 8.43. The summed E-state index contributed by atoms with van der Waals surface area (Å²) in [5, 5.41) is 5.14. The maximum absolute atomic E-state index is 13.3. The first kappa shape index (κ1) is 29.3. The Bertz CT molecular complexity index is 1450. The Morgan fingerprint density at radius 3 is 2.52 bits per heavy atom. The molecule has 4 rings (SSSR count). The number of sulfonamides is 1. The van der Waals surface area contributed by atoms with Gasteiger partial charge in [-0.15, -0.1) is 13.2 Å². The van der Waals surface area contributed by atoms with Gasteiger partial charge in [-0.2, -0.15) is 4.31 Å². The van der Waals surface area contributed by atoms with E-state index in [2.05, 4.69) is 20.4 Å². The number of rotatable bonds is 7. The first-order valence-electron chi connectivity index (χ1n) is 12.4. The number of amidine groups is 1. The maximum Gasteiger partial charge on any atom is 0.573 e. The summed E-state index contributed by atoms with van der Waals surface area (Å²) in [6.45, 7) is 3.62. The predicted octanol–water partition coefficient (Wildman–Crippen LogP) is 2.87. The maximum atomic E-state index is 13.3. The molecular weight excluding hydrogens is 551 g/mol. The van der Waals surface area contributed by atoms with E-state index >= 15 is 0 Å². The van der Waals surface area contributed by atoms with Gasteiger partial charge < -0.3 is 15.4 Å². The molecule has 2 aliphatic heterocycles. The summed E-state index contributed by atoms with van der Waals surface area (Å²) in [6.07, 6.45) is -4.50. The van der Waals surface area contributed by atoms with Gasteiger partial charge in [-0.25, -0.2) is 18.2 Å². The minimum atomic E-state index is -4.87. The first-order valence-corrected chi connectivity index (χ1v) is 14.1. The Morgan fingerprint density at radius 1 is 1.23 bits per heavy atom. The molecule has 216 valence electrons. The van der Waals surface area contributed by atoms with Crippen LogP contribution in [0.5, 0.6) is 5.75 Å². The highest BCUT2D eigenvalue weighted by Gasteiger charge is 2.51. The number of carbonyl (C=O) groups is 2. The molecule has 1 spiro atoms. The molecule has 2 aromatic carbocycles. The Balaban J connectivity index is 1.47.